The summed E-state index contributed by atoms with van der Waals surface area (Å²) in [5.41, 5.74) is 0. The number of aliphatic carboxylic acids is 1. The van der Waals surface area contributed by atoms with Crippen molar-refractivity contribution in [3.63, 3.8) is 0 Å². The van der Waals surface area contributed by atoms with Crippen LogP contribution in [0.4, 0.5) is 0 Å². The van der Waals surface area contributed by atoms with Crippen molar-refractivity contribution in [1.82, 2.24) is 20.1 Å². The maximum absolute atomic E-state index is 11.8. The molecular weight excluding hydrogens is 292 g/mol. The third kappa shape index (κ3) is 6.61. The Morgan fingerprint density at radius 3 is 2.76 bits per heavy atom. The molecule has 0 aromatic carbocycles. The molecule has 0 radical (unpaired) electrons. The van der Waals surface area contributed by atoms with Gasteiger partial charge in [0, 0.05) is 18.5 Å². The smallest absolute Gasteiger partial charge is 0.303 e. The molecule has 0 saturated carbocycles. The number of carbonyl (C=O) groups excluding carboxylic acids is 1. The van der Waals surface area contributed by atoms with Gasteiger partial charge in [0.25, 0.3) is 0 Å². The van der Waals surface area contributed by atoms with Crippen molar-refractivity contribution < 1.29 is 14.7 Å². The van der Waals surface area contributed by atoms with Crippen molar-refractivity contribution in [1.29, 1.82) is 0 Å². The average molecular weight is 314 g/mol. The number of aromatic nitrogens is 3. The van der Waals surface area contributed by atoms with Crippen molar-refractivity contribution in [3.05, 3.63) is 6.33 Å². The molecule has 1 heterocycles. The van der Waals surface area contributed by atoms with Crippen LogP contribution in [0.3, 0.4) is 0 Å². The van der Waals surface area contributed by atoms with E-state index >= 15 is 0 Å². The molecule has 1 rings (SSSR count). The normalized spacial score (nSPS) is 12.4. The zero-order valence-electron chi connectivity index (χ0n) is 12.6. The summed E-state index contributed by atoms with van der Waals surface area (Å²) in [5.74, 6) is -0.618. The first kappa shape index (κ1) is 17.5. The molecule has 8 heteroatoms. The summed E-state index contributed by atoms with van der Waals surface area (Å²) in [6, 6.07) is 0.223. The molecule has 0 fully saturated rings. The fraction of sp³-hybridized carbons (Fsp3) is 0.692. The summed E-state index contributed by atoms with van der Waals surface area (Å²) in [6.45, 7) is 5.93. The lowest BCUT2D eigenvalue weighted by atomic mass is 10.1. The van der Waals surface area contributed by atoms with E-state index in [2.05, 4.69) is 15.5 Å². The number of rotatable bonds is 9. The standard InChI is InChI=1S/C13H22N4O3S/c1-9(2)17-8-14-16-13(17)21-7-11(18)15-10(3)5-4-6-12(19)20/h8-10H,4-7H2,1-3H3,(H,15,18)(H,19,20). The molecule has 1 aromatic rings. The molecule has 1 aromatic heterocycles. The van der Waals surface area contributed by atoms with Crippen molar-refractivity contribution in [2.24, 2.45) is 0 Å². The Morgan fingerprint density at radius 1 is 1.43 bits per heavy atom. The van der Waals surface area contributed by atoms with Gasteiger partial charge >= 0.3 is 5.97 Å². The van der Waals surface area contributed by atoms with Crippen LogP contribution in [0.5, 0.6) is 0 Å². The molecule has 0 saturated heterocycles. The van der Waals surface area contributed by atoms with Gasteiger partial charge in [-0.2, -0.15) is 0 Å². The Hall–Kier alpha value is -1.57. The van der Waals surface area contributed by atoms with Crippen LogP contribution in [0.15, 0.2) is 11.5 Å². The summed E-state index contributed by atoms with van der Waals surface area (Å²) < 4.78 is 1.91. The number of amides is 1. The molecule has 0 aliphatic heterocycles. The first-order chi connectivity index (χ1) is 9.90. The minimum absolute atomic E-state index is 0.0274. The van der Waals surface area contributed by atoms with Crippen molar-refractivity contribution >= 4 is 23.6 Å². The Kier molecular flexibility index (Phi) is 7.21. The van der Waals surface area contributed by atoms with Gasteiger partial charge in [-0.3, -0.25) is 9.59 Å². The van der Waals surface area contributed by atoms with Crippen LogP contribution >= 0.6 is 11.8 Å². The first-order valence-electron chi connectivity index (χ1n) is 6.93. The first-order valence-corrected chi connectivity index (χ1v) is 7.92. The highest BCUT2D eigenvalue weighted by Crippen LogP contribution is 2.18. The van der Waals surface area contributed by atoms with E-state index in [1.165, 1.54) is 11.8 Å². The molecule has 7 nitrogen and oxygen atoms in total. The van der Waals surface area contributed by atoms with E-state index < -0.39 is 5.97 Å². The van der Waals surface area contributed by atoms with Crippen LogP contribution in [0.2, 0.25) is 0 Å². The van der Waals surface area contributed by atoms with Gasteiger partial charge in [-0.15, -0.1) is 10.2 Å². The minimum atomic E-state index is -0.808. The molecular formula is C13H22N4O3S. The third-order valence-electron chi connectivity index (χ3n) is 2.86. The van der Waals surface area contributed by atoms with Crippen LogP contribution in [0.25, 0.3) is 0 Å². The quantitative estimate of drug-likeness (QED) is 0.674. The largest absolute Gasteiger partial charge is 0.481 e. The highest BCUT2D eigenvalue weighted by molar-refractivity contribution is 7.99. The van der Waals surface area contributed by atoms with Gasteiger partial charge in [0.05, 0.1) is 5.75 Å². The van der Waals surface area contributed by atoms with Crippen molar-refractivity contribution in [2.45, 2.75) is 57.3 Å². The van der Waals surface area contributed by atoms with E-state index in [0.29, 0.717) is 12.8 Å². The monoisotopic (exact) mass is 314 g/mol. The Balaban J connectivity index is 2.30. The molecule has 21 heavy (non-hydrogen) atoms. The fourth-order valence-electron chi connectivity index (χ4n) is 1.77. The predicted molar refractivity (Wildman–Crippen MR) is 80.2 cm³/mol. The average Bonchev–Trinajstić information content (AvgIpc) is 2.84. The number of carbonyl (C=O) groups is 2. The minimum Gasteiger partial charge on any atom is -0.481 e. The predicted octanol–water partition coefficient (Wildman–Crippen LogP) is 1.71. The summed E-state index contributed by atoms with van der Waals surface area (Å²) in [7, 11) is 0. The van der Waals surface area contributed by atoms with Crippen LogP contribution in [-0.4, -0.2) is 43.5 Å². The third-order valence-corrected chi connectivity index (χ3v) is 3.82. The SMILES string of the molecule is CC(CCCC(=O)O)NC(=O)CSc1nncn1C(C)C. The van der Waals surface area contributed by atoms with E-state index in [0.717, 1.165) is 5.16 Å². The lowest BCUT2D eigenvalue weighted by molar-refractivity contribution is -0.137. The summed E-state index contributed by atoms with van der Waals surface area (Å²) in [6.07, 6.45) is 3.00. The van der Waals surface area contributed by atoms with Gasteiger partial charge in [-0.05, 0) is 33.6 Å². The Morgan fingerprint density at radius 2 is 2.14 bits per heavy atom. The topological polar surface area (TPSA) is 97.1 Å². The second kappa shape index (κ2) is 8.66. The number of nitrogens with one attached hydrogen (secondary N) is 1. The number of carboxylic acid groups (broad SMARTS) is 1. The van der Waals surface area contributed by atoms with Gasteiger partial charge < -0.3 is 15.0 Å². The Bertz CT molecular complexity index is 476. The van der Waals surface area contributed by atoms with Gasteiger partial charge in [0.1, 0.15) is 6.33 Å². The van der Waals surface area contributed by atoms with E-state index in [4.69, 9.17) is 5.11 Å². The van der Waals surface area contributed by atoms with Crippen LogP contribution in [0.1, 0.15) is 46.1 Å². The van der Waals surface area contributed by atoms with E-state index in [1.807, 2.05) is 25.3 Å². The van der Waals surface area contributed by atoms with Gasteiger partial charge in [-0.1, -0.05) is 11.8 Å². The zero-order chi connectivity index (χ0) is 15.8. The van der Waals surface area contributed by atoms with E-state index in [9.17, 15) is 9.59 Å². The number of thioether (sulfide) groups is 1. The molecule has 2 N–H and O–H groups in total. The number of carboxylic acids is 1. The molecule has 0 spiro atoms. The lowest BCUT2D eigenvalue weighted by Gasteiger charge is -2.13. The van der Waals surface area contributed by atoms with Gasteiger partial charge in [0.15, 0.2) is 5.16 Å². The van der Waals surface area contributed by atoms with Crippen molar-refractivity contribution in [2.75, 3.05) is 5.75 Å². The second-order valence-electron chi connectivity index (χ2n) is 5.16. The van der Waals surface area contributed by atoms with Gasteiger partial charge in [-0.25, -0.2) is 0 Å². The number of hydrogen-bond acceptors (Lipinski definition) is 5. The molecule has 1 amide bonds. The maximum atomic E-state index is 11.8. The molecule has 0 aliphatic rings. The number of hydrogen-bond donors (Lipinski definition) is 2. The highest BCUT2D eigenvalue weighted by Gasteiger charge is 2.12. The molecule has 0 bridgehead atoms. The molecule has 1 unspecified atom stereocenters. The van der Waals surface area contributed by atoms with Gasteiger partial charge in [0.2, 0.25) is 5.91 Å². The second-order valence-corrected chi connectivity index (χ2v) is 6.10. The van der Waals surface area contributed by atoms with E-state index in [-0.39, 0.29) is 30.2 Å². The Labute approximate surface area is 128 Å². The van der Waals surface area contributed by atoms with E-state index in [1.54, 1.807) is 6.33 Å². The summed E-state index contributed by atoms with van der Waals surface area (Å²) in [5, 5.41) is 20.0. The maximum Gasteiger partial charge on any atom is 0.303 e. The van der Waals surface area contributed by atoms with Crippen LogP contribution in [0, 0.1) is 0 Å². The lowest BCUT2D eigenvalue weighted by Crippen LogP contribution is -2.33. The summed E-state index contributed by atoms with van der Waals surface area (Å²) in [4.78, 5) is 22.2. The van der Waals surface area contributed by atoms with Crippen LogP contribution in [-0.2, 0) is 9.59 Å². The molecule has 0 aliphatic carbocycles. The zero-order valence-corrected chi connectivity index (χ0v) is 13.4. The van der Waals surface area contributed by atoms with Crippen LogP contribution < -0.4 is 5.32 Å². The highest BCUT2D eigenvalue weighted by atomic mass is 32.2. The molecule has 1 atom stereocenters. The summed E-state index contributed by atoms with van der Waals surface area (Å²) >= 11 is 1.34. The van der Waals surface area contributed by atoms with Crippen molar-refractivity contribution in [3.8, 4) is 0 Å². The molecule has 118 valence electrons. The fourth-order valence-corrected chi connectivity index (χ4v) is 2.62. The number of nitrogens with zero attached hydrogens (tertiary/aromatic N) is 3.